The molecular weight excluding hydrogens is 368 g/mol. The molecule has 0 saturated carbocycles. The number of hydrogen-bond donors (Lipinski definition) is 1. The van der Waals surface area contributed by atoms with Crippen molar-refractivity contribution in [3.05, 3.63) is 83.7 Å². The van der Waals surface area contributed by atoms with Crippen molar-refractivity contribution in [1.82, 2.24) is 19.6 Å². The number of nitrogens with zero attached hydrogens (tertiary/aromatic N) is 5. The molecule has 8 heteroatoms. The van der Waals surface area contributed by atoms with Crippen LogP contribution in [0.3, 0.4) is 0 Å². The van der Waals surface area contributed by atoms with Crippen LogP contribution in [0.5, 0.6) is 5.88 Å². The predicted molar refractivity (Wildman–Crippen MR) is 104 cm³/mol. The highest BCUT2D eigenvalue weighted by molar-refractivity contribution is 5.68. The largest absolute Gasteiger partial charge is 0.463 e. The van der Waals surface area contributed by atoms with Gasteiger partial charge in [-0.15, -0.1) is 0 Å². The molecule has 3 aromatic heterocycles. The Morgan fingerprint density at radius 1 is 1.14 bits per heavy atom. The van der Waals surface area contributed by atoms with Gasteiger partial charge in [0.25, 0.3) is 0 Å². The lowest BCUT2D eigenvalue weighted by Gasteiger charge is -2.24. The summed E-state index contributed by atoms with van der Waals surface area (Å²) in [6.45, 7) is 0. The van der Waals surface area contributed by atoms with Crippen molar-refractivity contribution in [3.8, 4) is 29.1 Å². The summed E-state index contributed by atoms with van der Waals surface area (Å²) in [6, 6.07) is 17.3. The fourth-order valence-corrected chi connectivity index (χ4v) is 3.64. The van der Waals surface area contributed by atoms with Crippen molar-refractivity contribution in [2.24, 2.45) is 12.8 Å². The minimum absolute atomic E-state index is 0.0503. The molecule has 142 valence electrons. The lowest BCUT2D eigenvalue weighted by molar-refractivity contribution is 0.365. The van der Waals surface area contributed by atoms with Gasteiger partial charge in [-0.25, -0.2) is 0 Å². The molecule has 0 spiro atoms. The van der Waals surface area contributed by atoms with Crippen molar-refractivity contribution in [3.63, 3.8) is 0 Å². The van der Waals surface area contributed by atoms with Crippen LogP contribution in [0.15, 0.2) is 76.9 Å². The maximum absolute atomic E-state index is 9.84. The Balaban J connectivity index is 1.84. The highest BCUT2D eigenvalue weighted by Gasteiger charge is 2.39. The number of nitrogens with two attached hydrogens (primary N) is 1. The Bertz CT molecular complexity index is 1260. The number of aryl methyl sites for hydroxylation is 1. The number of ether oxygens (including phenoxy) is 1. The maximum Gasteiger partial charge on any atom is 0.229 e. The van der Waals surface area contributed by atoms with Gasteiger partial charge in [0.05, 0.1) is 29.1 Å². The zero-order valence-corrected chi connectivity index (χ0v) is 15.5. The minimum Gasteiger partial charge on any atom is -0.463 e. The van der Waals surface area contributed by atoms with Crippen LogP contribution < -0.4 is 10.5 Å². The van der Waals surface area contributed by atoms with Crippen LogP contribution in [0.4, 0.5) is 0 Å². The van der Waals surface area contributed by atoms with Crippen LogP contribution in [0.25, 0.3) is 17.1 Å². The van der Waals surface area contributed by atoms with Gasteiger partial charge in [0.2, 0.25) is 11.8 Å². The highest BCUT2D eigenvalue weighted by Crippen LogP contribution is 2.47. The lowest BCUT2D eigenvalue weighted by atomic mass is 9.86. The van der Waals surface area contributed by atoms with Crippen LogP contribution in [0, 0.1) is 11.3 Å². The quantitative estimate of drug-likeness (QED) is 0.581. The van der Waals surface area contributed by atoms with E-state index < -0.39 is 5.92 Å². The first-order valence-corrected chi connectivity index (χ1v) is 8.96. The molecule has 0 aliphatic carbocycles. The van der Waals surface area contributed by atoms with Crippen molar-refractivity contribution < 1.29 is 9.15 Å². The summed E-state index contributed by atoms with van der Waals surface area (Å²) >= 11 is 0. The average Bonchev–Trinajstić information content (AvgIpc) is 3.47. The van der Waals surface area contributed by atoms with Gasteiger partial charge in [-0.1, -0.05) is 18.2 Å². The fraction of sp³-hybridized carbons (Fsp3) is 0.0952. The van der Waals surface area contributed by atoms with Crippen LogP contribution >= 0.6 is 0 Å². The van der Waals surface area contributed by atoms with Crippen molar-refractivity contribution >= 4 is 0 Å². The van der Waals surface area contributed by atoms with Crippen molar-refractivity contribution in [1.29, 1.82) is 5.26 Å². The van der Waals surface area contributed by atoms with E-state index in [2.05, 4.69) is 11.2 Å². The first kappa shape index (κ1) is 16.9. The minimum atomic E-state index is -0.492. The normalized spacial score (nSPS) is 15.7. The molecule has 4 heterocycles. The van der Waals surface area contributed by atoms with Crippen molar-refractivity contribution in [2.75, 3.05) is 0 Å². The molecule has 0 bridgehead atoms. The zero-order chi connectivity index (χ0) is 20.0. The van der Waals surface area contributed by atoms with E-state index in [0.717, 1.165) is 11.4 Å². The van der Waals surface area contributed by atoms with E-state index in [1.807, 2.05) is 49.5 Å². The molecule has 2 N–H and O–H groups in total. The topological polar surface area (TPSA) is 108 Å². The summed E-state index contributed by atoms with van der Waals surface area (Å²) < 4.78 is 15.0. The first-order chi connectivity index (χ1) is 14.2. The summed E-state index contributed by atoms with van der Waals surface area (Å²) in [4.78, 5) is 0. The Morgan fingerprint density at radius 2 is 1.97 bits per heavy atom. The van der Waals surface area contributed by atoms with E-state index in [0.29, 0.717) is 28.5 Å². The molecule has 1 aliphatic heterocycles. The second kappa shape index (κ2) is 6.42. The van der Waals surface area contributed by atoms with Crippen LogP contribution in [-0.4, -0.2) is 19.6 Å². The van der Waals surface area contributed by atoms with Crippen molar-refractivity contribution in [2.45, 2.75) is 5.92 Å². The first-order valence-electron chi connectivity index (χ1n) is 8.96. The van der Waals surface area contributed by atoms with E-state index in [9.17, 15) is 5.26 Å². The molecule has 29 heavy (non-hydrogen) atoms. The molecule has 0 amide bonds. The van der Waals surface area contributed by atoms with Crippen LogP contribution in [0.2, 0.25) is 0 Å². The van der Waals surface area contributed by atoms with E-state index in [1.165, 1.54) is 0 Å². The molecule has 1 unspecified atom stereocenters. The van der Waals surface area contributed by atoms with E-state index >= 15 is 0 Å². The Hall–Kier alpha value is -4.25. The predicted octanol–water partition coefficient (Wildman–Crippen LogP) is 3.08. The van der Waals surface area contributed by atoms with Gasteiger partial charge >= 0.3 is 0 Å². The van der Waals surface area contributed by atoms with Gasteiger partial charge in [0, 0.05) is 13.2 Å². The third-order valence-corrected chi connectivity index (χ3v) is 4.96. The third-order valence-electron chi connectivity index (χ3n) is 4.96. The summed E-state index contributed by atoms with van der Waals surface area (Å²) in [5.41, 5.74) is 9.37. The van der Waals surface area contributed by atoms with Gasteiger partial charge < -0.3 is 14.9 Å². The summed E-state index contributed by atoms with van der Waals surface area (Å²) in [7, 11) is 1.82. The van der Waals surface area contributed by atoms with E-state index in [4.69, 9.17) is 20.0 Å². The molecule has 4 aromatic rings. The number of furan rings is 1. The van der Waals surface area contributed by atoms with E-state index in [1.54, 1.807) is 27.9 Å². The SMILES string of the molecule is Cn1nccc1C1C(C#N)=C(N)Oc2c1c(-c1ccco1)nn2-c1ccccc1. The molecule has 5 rings (SSSR count). The van der Waals surface area contributed by atoms with Gasteiger partial charge in [-0.05, 0) is 30.3 Å². The molecule has 0 radical (unpaired) electrons. The second-order valence-corrected chi connectivity index (χ2v) is 6.60. The third kappa shape index (κ3) is 2.52. The zero-order valence-electron chi connectivity index (χ0n) is 15.5. The number of benzene rings is 1. The number of rotatable bonds is 3. The molecular formula is C21H16N6O2. The monoisotopic (exact) mass is 384 g/mol. The highest BCUT2D eigenvalue weighted by atomic mass is 16.5. The summed E-state index contributed by atoms with van der Waals surface area (Å²) in [6.07, 6.45) is 3.27. The molecule has 0 fully saturated rings. The number of hydrogen-bond acceptors (Lipinski definition) is 6. The maximum atomic E-state index is 9.84. The van der Waals surface area contributed by atoms with Gasteiger partial charge in [0.1, 0.15) is 17.3 Å². The summed E-state index contributed by atoms with van der Waals surface area (Å²) in [5, 5.41) is 18.9. The van der Waals surface area contributed by atoms with Crippen LogP contribution in [-0.2, 0) is 7.05 Å². The van der Waals surface area contributed by atoms with E-state index in [-0.39, 0.29) is 5.88 Å². The molecule has 0 saturated heterocycles. The fourth-order valence-electron chi connectivity index (χ4n) is 3.64. The average molecular weight is 384 g/mol. The number of fused-ring (bicyclic) bond motifs is 1. The number of allylic oxidation sites excluding steroid dienone is 1. The Morgan fingerprint density at radius 3 is 2.62 bits per heavy atom. The lowest BCUT2D eigenvalue weighted by Crippen LogP contribution is -2.23. The standard InChI is InChI=1S/C21H16N6O2/c1-26-15(9-10-24-26)17-14(12-22)20(23)29-21-18(17)19(16-8-5-11-28-16)25-27(21)13-6-3-2-4-7-13/h2-11,17H,23H2,1H3. The number of para-hydroxylation sites is 1. The van der Waals surface area contributed by atoms with Gasteiger partial charge in [0.15, 0.2) is 5.76 Å². The van der Waals surface area contributed by atoms with Crippen LogP contribution in [0.1, 0.15) is 17.2 Å². The summed E-state index contributed by atoms with van der Waals surface area (Å²) in [5.74, 6) is 0.581. The second-order valence-electron chi connectivity index (χ2n) is 6.60. The number of aromatic nitrogens is 4. The molecule has 1 atom stereocenters. The molecule has 8 nitrogen and oxygen atoms in total. The molecule has 1 aliphatic rings. The number of nitriles is 1. The van der Waals surface area contributed by atoms with Gasteiger partial charge in [-0.2, -0.15) is 20.1 Å². The Kier molecular flexibility index (Phi) is 3.74. The smallest absolute Gasteiger partial charge is 0.229 e. The molecule has 1 aromatic carbocycles. The van der Waals surface area contributed by atoms with Gasteiger partial charge in [-0.3, -0.25) is 4.68 Å². The Labute approximate surface area is 166 Å².